The molecule has 2 aromatic rings. The fourth-order valence-electron chi connectivity index (χ4n) is 3.13. The molecule has 1 atom stereocenters. The molecule has 0 aliphatic heterocycles. The van der Waals surface area contributed by atoms with Gasteiger partial charge in [0.25, 0.3) is 5.91 Å². The maximum atomic E-state index is 12.1. The number of Topliss-reactive ketones (excluding diaryl/α,β-unsaturated/α-hetero) is 1. The van der Waals surface area contributed by atoms with Crippen molar-refractivity contribution in [1.29, 1.82) is 0 Å². The molecule has 0 saturated carbocycles. The summed E-state index contributed by atoms with van der Waals surface area (Å²) in [6.45, 7) is 3.86. The summed E-state index contributed by atoms with van der Waals surface area (Å²) < 4.78 is 0. The van der Waals surface area contributed by atoms with Crippen LogP contribution in [0.4, 0.5) is 0 Å². The van der Waals surface area contributed by atoms with Gasteiger partial charge in [-0.1, -0.05) is 44.2 Å². The number of benzene rings is 1. The minimum Gasteiger partial charge on any atom is -0.343 e. The molecule has 0 spiro atoms. The number of amides is 1. The summed E-state index contributed by atoms with van der Waals surface area (Å²) >= 11 is 0. The van der Waals surface area contributed by atoms with Crippen molar-refractivity contribution in [1.82, 2.24) is 15.3 Å². The first-order valence-corrected chi connectivity index (χ1v) is 8.79. The molecule has 1 aliphatic rings. The second-order valence-corrected chi connectivity index (χ2v) is 6.90. The SMILES string of the molecule is CC(C)CC(=O)C(=O)N[C@@H]1CCCc2nc(-c3ccccc3)ncc21. The molecule has 0 fully saturated rings. The molecule has 3 rings (SSSR count). The lowest BCUT2D eigenvalue weighted by atomic mass is 9.92. The van der Waals surface area contributed by atoms with E-state index < -0.39 is 5.91 Å². The van der Waals surface area contributed by atoms with E-state index in [0.717, 1.165) is 36.1 Å². The van der Waals surface area contributed by atoms with Crippen LogP contribution in [0.1, 0.15) is 50.4 Å². The molecule has 1 heterocycles. The molecule has 130 valence electrons. The lowest BCUT2D eigenvalue weighted by Gasteiger charge is -2.25. The molecule has 1 aliphatic carbocycles. The lowest BCUT2D eigenvalue weighted by molar-refractivity contribution is -0.138. The van der Waals surface area contributed by atoms with Gasteiger partial charge in [0.05, 0.1) is 6.04 Å². The van der Waals surface area contributed by atoms with Gasteiger partial charge in [-0.05, 0) is 25.2 Å². The van der Waals surface area contributed by atoms with E-state index in [1.165, 1.54) is 0 Å². The lowest BCUT2D eigenvalue weighted by Crippen LogP contribution is -2.36. The highest BCUT2D eigenvalue weighted by atomic mass is 16.2. The van der Waals surface area contributed by atoms with Crippen molar-refractivity contribution in [2.45, 2.75) is 45.6 Å². The Bertz CT molecular complexity index is 772. The predicted octanol–water partition coefficient (Wildman–Crippen LogP) is 3.25. The van der Waals surface area contributed by atoms with Crippen LogP contribution in [-0.4, -0.2) is 21.7 Å². The molecule has 1 amide bonds. The average Bonchev–Trinajstić information content (AvgIpc) is 2.61. The van der Waals surface area contributed by atoms with E-state index in [0.29, 0.717) is 5.82 Å². The first-order chi connectivity index (χ1) is 12.0. The second-order valence-electron chi connectivity index (χ2n) is 6.90. The predicted molar refractivity (Wildman–Crippen MR) is 95.8 cm³/mol. The largest absolute Gasteiger partial charge is 0.343 e. The fourth-order valence-corrected chi connectivity index (χ4v) is 3.13. The van der Waals surface area contributed by atoms with Gasteiger partial charge in [-0.3, -0.25) is 9.59 Å². The van der Waals surface area contributed by atoms with Crippen LogP contribution in [0.15, 0.2) is 36.5 Å². The summed E-state index contributed by atoms with van der Waals surface area (Å²) in [5.74, 6) is 0.0125. The van der Waals surface area contributed by atoms with E-state index >= 15 is 0 Å². The number of fused-ring (bicyclic) bond motifs is 1. The number of aryl methyl sites for hydroxylation is 1. The van der Waals surface area contributed by atoms with E-state index in [9.17, 15) is 9.59 Å². The van der Waals surface area contributed by atoms with Crippen molar-refractivity contribution in [2.24, 2.45) is 5.92 Å². The molecular formula is C20H23N3O2. The highest BCUT2D eigenvalue weighted by molar-refractivity contribution is 6.36. The summed E-state index contributed by atoms with van der Waals surface area (Å²) in [5, 5.41) is 2.87. The van der Waals surface area contributed by atoms with Gasteiger partial charge in [-0.25, -0.2) is 9.97 Å². The van der Waals surface area contributed by atoms with Gasteiger partial charge < -0.3 is 5.32 Å². The maximum Gasteiger partial charge on any atom is 0.287 e. The number of nitrogens with zero attached hydrogens (tertiary/aromatic N) is 2. The van der Waals surface area contributed by atoms with Crippen LogP contribution >= 0.6 is 0 Å². The van der Waals surface area contributed by atoms with E-state index in [1.807, 2.05) is 44.2 Å². The highest BCUT2D eigenvalue weighted by Gasteiger charge is 2.26. The maximum absolute atomic E-state index is 12.1. The number of aromatic nitrogens is 2. The number of ketones is 1. The van der Waals surface area contributed by atoms with Gasteiger partial charge in [0, 0.05) is 29.4 Å². The Labute approximate surface area is 147 Å². The van der Waals surface area contributed by atoms with Crippen molar-refractivity contribution in [3.8, 4) is 11.4 Å². The third-order valence-corrected chi connectivity index (χ3v) is 4.37. The van der Waals surface area contributed by atoms with E-state index in [-0.39, 0.29) is 24.2 Å². The number of carbonyl (C=O) groups excluding carboxylic acids is 2. The molecule has 0 unspecified atom stereocenters. The summed E-state index contributed by atoms with van der Waals surface area (Å²) in [6, 6.07) is 9.66. The third-order valence-electron chi connectivity index (χ3n) is 4.37. The standard InChI is InChI=1S/C20H23N3O2/c1-13(2)11-18(24)20(25)23-17-10-6-9-16-15(17)12-21-19(22-16)14-7-4-3-5-8-14/h3-5,7-8,12-13,17H,6,9-11H2,1-2H3,(H,23,25)/t17-/m1/s1. The molecule has 0 saturated heterocycles. The number of rotatable bonds is 5. The third kappa shape index (κ3) is 4.10. The van der Waals surface area contributed by atoms with Gasteiger partial charge in [0.2, 0.25) is 5.78 Å². The molecule has 5 heteroatoms. The van der Waals surface area contributed by atoms with Crippen molar-refractivity contribution in [3.63, 3.8) is 0 Å². The Morgan fingerprint density at radius 3 is 2.72 bits per heavy atom. The van der Waals surface area contributed by atoms with Crippen LogP contribution in [0.3, 0.4) is 0 Å². The molecule has 5 nitrogen and oxygen atoms in total. The minimum absolute atomic E-state index is 0.175. The van der Waals surface area contributed by atoms with Gasteiger partial charge in [0.1, 0.15) is 0 Å². The van der Waals surface area contributed by atoms with Crippen LogP contribution in [0.2, 0.25) is 0 Å². The minimum atomic E-state index is -0.501. The van der Waals surface area contributed by atoms with Crippen LogP contribution in [0, 0.1) is 5.92 Å². The number of carbonyl (C=O) groups is 2. The Kier molecular flexibility index (Phi) is 5.22. The number of hydrogen-bond acceptors (Lipinski definition) is 4. The monoisotopic (exact) mass is 337 g/mol. The molecule has 1 aromatic carbocycles. The van der Waals surface area contributed by atoms with E-state index in [2.05, 4.69) is 15.3 Å². The van der Waals surface area contributed by atoms with Crippen LogP contribution in [0.5, 0.6) is 0 Å². The Morgan fingerprint density at radius 2 is 2.00 bits per heavy atom. The summed E-state index contributed by atoms with van der Waals surface area (Å²) in [7, 11) is 0. The van der Waals surface area contributed by atoms with E-state index in [4.69, 9.17) is 0 Å². The first-order valence-electron chi connectivity index (χ1n) is 8.79. The van der Waals surface area contributed by atoms with Crippen molar-refractivity contribution in [3.05, 3.63) is 47.8 Å². The summed E-state index contributed by atoms with van der Waals surface area (Å²) in [5.41, 5.74) is 2.86. The van der Waals surface area contributed by atoms with E-state index in [1.54, 1.807) is 6.20 Å². The first kappa shape index (κ1) is 17.3. The Balaban J connectivity index is 1.78. The summed E-state index contributed by atoms with van der Waals surface area (Å²) in [6.07, 6.45) is 4.67. The van der Waals surface area contributed by atoms with Crippen molar-refractivity contribution < 1.29 is 9.59 Å². The molecule has 1 N–H and O–H groups in total. The zero-order chi connectivity index (χ0) is 17.8. The molecule has 25 heavy (non-hydrogen) atoms. The van der Waals surface area contributed by atoms with Gasteiger partial charge in [0.15, 0.2) is 5.82 Å². The molecule has 0 bridgehead atoms. The van der Waals surface area contributed by atoms with Crippen LogP contribution < -0.4 is 5.32 Å². The number of nitrogens with one attached hydrogen (secondary N) is 1. The normalized spacial score (nSPS) is 16.4. The van der Waals surface area contributed by atoms with Gasteiger partial charge in [-0.15, -0.1) is 0 Å². The van der Waals surface area contributed by atoms with Crippen LogP contribution in [-0.2, 0) is 16.0 Å². The Morgan fingerprint density at radius 1 is 1.24 bits per heavy atom. The zero-order valence-electron chi connectivity index (χ0n) is 14.7. The molecule has 0 radical (unpaired) electrons. The highest BCUT2D eigenvalue weighted by Crippen LogP contribution is 2.29. The van der Waals surface area contributed by atoms with Gasteiger partial charge >= 0.3 is 0 Å². The fraction of sp³-hybridized carbons (Fsp3) is 0.400. The van der Waals surface area contributed by atoms with Crippen LogP contribution in [0.25, 0.3) is 11.4 Å². The van der Waals surface area contributed by atoms with Crippen molar-refractivity contribution in [2.75, 3.05) is 0 Å². The quantitative estimate of drug-likeness (QED) is 0.850. The van der Waals surface area contributed by atoms with Crippen molar-refractivity contribution >= 4 is 11.7 Å². The topological polar surface area (TPSA) is 72.0 Å². The number of hydrogen-bond donors (Lipinski definition) is 1. The zero-order valence-corrected chi connectivity index (χ0v) is 14.7. The summed E-state index contributed by atoms with van der Waals surface area (Å²) in [4.78, 5) is 33.2. The molecule has 1 aromatic heterocycles. The molecular weight excluding hydrogens is 314 g/mol. The van der Waals surface area contributed by atoms with Gasteiger partial charge in [-0.2, -0.15) is 0 Å². The smallest absolute Gasteiger partial charge is 0.287 e. The Hall–Kier alpha value is -2.56. The second kappa shape index (κ2) is 7.55. The average molecular weight is 337 g/mol.